The molecule has 0 aliphatic carbocycles. The number of nitrogens with zero attached hydrogens (tertiary/aromatic N) is 3. The zero-order chi connectivity index (χ0) is 26.6. The number of benzene rings is 2. The lowest BCUT2D eigenvalue weighted by molar-refractivity contribution is -0.119. The molecule has 0 spiro atoms. The number of aromatic nitrogens is 2. The number of hydrogen-bond donors (Lipinski definition) is 2. The van der Waals surface area contributed by atoms with Crippen LogP contribution >= 0.6 is 23.8 Å². The van der Waals surface area contributed by atoms with Gasteiger partial charge in [0.1, 0.15) is 18.4 Å². The zero-order valence-electron chi connectivity index (χ0n) is 20.8. The molecule has 1 aliphatic heterocycles. The molecule has 0 radical (unpaired) electrons. The highest BCUT2D eigenvalue weighted by molar-refractivity contribution is 7.80. The molecule has 2 aromatic carbocycles. The minimum absolute atomic E-state index is 0.0748. The van der Waals surface area contributed by atoms with Gasteiger partial charge in [0.15, 0.2) is 5.11 Å². The van der Waals surface area contributed by atoms with Crippen LogP contribution in [0.5, 0.6) is 5.75 Å². The molecule has 5 rings (SSSR count). The summed E-state index contributed by atoms with van der Waals surface area (Å²) in [6.45, 7) is -0.0748. The molecular weight excluding hydrogens is 522 g/mol. The first-order valence-electron chi connectivity index (χ1n) is 11.9. The Morgan fingerprint density at radius 2 is 1.95 bits per heavy atom. The molecule has 1 amide bonds. The first-order valence-corrected chi connectivity index (χ1v) is 12.7. The number of methoxy groups -OCH3 is 2. The fourth-order valence-electron chi connectivity index (χ4n) is 4.69. The number of nitrogens with one attached hydrogen (secondary N) is 2. The predicted octanol–water partition coefficient (Wildman–Crippen LogP) is 5.30. The highest BCUT2D eigenvalue weighted by Crippen LogP contribution is 2.43. The van der Waals surface area contributed by atoms with Crippen LogP contribution in [0.15, 0.2) is 85.2 Å². The van der Waals surface area contributed by atoms with Gasteiger partial charge in [-0.15, -0.1) is 0 Å². The summed E-state index contributed by atoms with van der Waals surface area (Å²) in [6.07, 6.45) is 3.77. The maximum atomic E-state index is 12.3. The molecule has 2 aromatic heterocycles. The number of carbonyl (C=O) groups excluding carboxylic acids is 1. The Labute approximate surface area is 231 Å². The van der Waals surface area contributed by atoms with Gasteiger partial charge in [0.25, 0.3) is 0 Å². The predicted molar refractivity (Wildman–Crippen MR) is 152 cm³/mol. The van der Waals surface area contributed by atoms with Crippen molar-refractivity contribution in [1.29, 1.82) is 0 Å². The average Bonchev–Trinajstić information content (AvgIpc) is 3.53. The van der Waals surface area contributed by atoms with Gasteiger partial charge in [-0.1, -0.05) is 23.7 Å². The minimum Gasteiger partial charge on any atom is -0.495 e. The normalized spacial score (nSPS) is 16.8. The van der Waals surface area contributed by atoms with Gasteiger partial charge in [0.05, 0.1) is 24.5 Å². The molecule has 0 bridgehead atoms. The third kappa shape index (κ3) is 5.08. The topological polar surface area (TPSA) is 80.7 Å². The molecule has 1 saturated heterocycles. The Morgan fingerprint density at radius 3 is 2.68 bits per heavy atom. The summed E-state index contributed by atoms with van der Waals surface area (Å²) in [5, 5.41) is 7.52. The van der Waals surface area contributed by atoms with Gasteiger partial charge in [-0.3, -0.25) is 9.78 Å². The highest BCUT2D eigenvalue weighted by atomic mass is 35.5. The fourth-order valence-corrected chi connectivity index (χ4v) is 5.22. The van der Waals surface area contributed by atoms with Gasteiger partial charge in [0, 0.05) is 41.6 Å². The number of carbonyl (C=O) groups is 1. The Balaban J connectivity index is 1.63. The van der Waals surface area contributed by atoms with Crippen molar-refractivity contribution in [2.45, 2.75) is 12.1 Å². The van der Waals surface area contributed by atoms with Gasteiger partial charge in [-0.25, -0.2) is 0 Å². The van der Waals surface area contributed by atoms with Crippen molar-refractivity contribution in [3.05, 3.63) is 102 Å². The number of amides is 1. The lowest BCUT2D eigenvalue weighted by Crippen LogP contribution is -2.30. The molecule has 194 valence electrons. The summed E-state index contributed by atoms with van der Waals surface area (Å²) < 4.78 is 12.6. The van der Waals surface area contributed by atoms with E-state index in [4.69, 9.17) is 33.3 Å². The molecule has 8 nitrogen and oxygen atoms in total. The van der Waals surface area contributed by atoms with Crippen molar-refractivity contribution >= 4 is 46.2 Å². The van der Waals surface area contributed by atoms with E-state index in [1.54, 1.807) is 13.3 Å². The molecule has 2 N–H and O–H groups in total. The van der Waals surface area contributed by atoms with Gasteiger partial charge < -0.3 is 29.6 Å². The molecule has 0 unspecified atom stereocenters. The van der Waals surface area contributed by atoms with Crippen LogP contribution in [0.4, 0.5) is 11.4 Å². The molecule has 1 aliphatic rings. The Morgan fingerprint density at radius 1 is 1.08 bits per heavy atom. The van der Waals surface area contributed by atoms with Crippen molar-refractivity contribution < 1.29 is 14.3 Å². The fraction of sp³-hybridized carbons (Fsp3) is 0.179. The molecule has 2 atom stereocenters. The van der Waals surface area contributed by atoms with Gasteiger partial charge in [-0.2, -0.15) is 0 Å². The van der Waals surface area contributed by atoms with Gasteiger partial charge in [0.2, 0.25) is 5.91 Å². The summed E-state index contributed by atoms with van der Waals surface area (Å²) in [6, 6.07) is 22.6. The monoisotopic (exact) mass is 547 g/mol. The number of thiocarbonyl (C=S) groups is 1. The Bertz CT molecular complexity index is 1460. The van der Waals surface area contributed by atoms with Crippen LogP contribution in [0.3, 0.4) is 0 Å². The quantitative estimate of drug-likeness (QED) is 0.290. The SMILES string of the molecule is COCC(=O)Nc1cc(N2C(=S)N[C@@H](c3ccccn3)[C@H]2c2cccn2-c2cccc(Cl)c2)ccc1OC. The molecule has 10 heteroatoms. The van der Waals surface area contributed by atoms with Crippen LogP contribution in [0.25, 0.3) is 5.69 Å². The van der Waals surface area contributed by atoms with E-state index in [0.29, 0.717) is 21.6 Å². The van der Waals surface area contributed by atoms with Crippen molar-refractivity contribution in [3.8, 4) is 11.4 Å². The maximum Gasteiger partial charge on any atom is 0.250 e. The van der Waals surface area contributed by atoms with Crippen LogP contribution in [0.2, 0.25) is 5.02 Å². The smallest absolute Gasteiger partial charge is 0.250 e. The molecule has 38 heavy (non-hydrogen) atoms. The standard InChI is InChI=1S/C28H26ClN5O3S/c1-36-17-25(35)31-22-16-20(11-12-24(22)37-2)34-27(26(32-28(34)38)21-9-3-4-13-30-21)23-10-6-14-33(23)19-8-5-7-18(29)15-19/h3-16,26-27H,17H2,1-2H3,(H,31,35)(H,32,38)/t26-,27+/m0/s1. The van der Waals surface area contributed by atoms with Crippen LogP contribution in [-0.4, -0.2) is 41.4 Å². The number of pyridine rings is 1. The zero-order valence-corrected chi connectivity index (χ0v) is 22.4. The molecule has 3 heterocycles. The highest BCUT2D eigenvalue weighted by Gasteiger charge is 2.42. The van der Waals surface area contributed by atoms with E-state index in [-0.39, 0.29) is 24.6 Å². The summed E-state index contributed by atoms with van der Waals surface area (Å²) in [4.78, 5) is 19.0. The first-order chi connectivity index (χ1) is 18.5. The molecule has 4 aromatic rings. The van der Waals surface area contributed by atoms with E-state index in [1.807, 2.05) is 77.8 Å². The van der Waals surface area contributed by atoms with E-state index in [2.05, 4.69) is 26.3 Å². The summed E-state index contributed by atoms with van der Waals surface area (Å²) in [5.41, 5.74) is 4.05. The third-order valence-corrected chi connectivity index (χ3v) is 6.83. The van der Waals surface area contributed by atoms with Crippen LogP contribution in [0, 0.1) is 0 Å². The second-order valence-corrected chi connectivity index (χ2v) is 9.47. The number of anilines is 2. The van der Waals surface area contributed by atoms with Gasteiger partial charge >= 0.3 is 0 Å². The number of rotatable bonds is 8. The van der Waals surface area contributed by atoms with Crippen molar-refractivity contribution in [3.63, 3.8) is 0 Å². The number of halogens is 1. The van der Waals surface area contributed by atoms with Crippen LogP contribution < -0.4 is 20.3 Å². The van der Waals surface area contributed by atoms with E-state index < -0.39 is 0 Å². The van der Waals surface area contributed by atoms with Crippen molar-refractivity contribution in [1.82, 2.24) is 14.9 Å². The van der Waals surface area contributed by atoms with E-state index >= 15 is 0 Å². The third-order valence-electron chi connectivity index (χ3n) is 6.28. The average molecular weight is 548 g/mol. The first kappa shape index (κ1) is 25.7. The van der Waals surface area contributed by atoms with Crippen molar-refractivity contribution in [2.75, 3.05) is 31.0 Å². The summed E-state index contributed by atoms with van der Waals surface area (Å²) in [5.74, 6) is 0.235. The Kier molecular flexibility index (Phi) is 7.59. The van der Waals surface area contributed by atoms with E-state index in [9.17, 15) is 4.79 Å². The number of ether oxygens (including phenoxy) is 2. The van der Waals surface area contributed by atoms with Crippen molar-refractivity contribution in [2.24, 2.45) is 0 Å². The minimum atomic E-state index is -0.289. The lowest BCUT2D eigenvalue weighted by atomic mass is 10.0. The molecule has 1 fully saturated rings. The molecule has 0 saturated carbocycles. The number of hydrogen-bond acceptors (Lipinski definition) is 5. The molecular formula is C28H26ClN5O3S. The summed E-state index contributed by atoms with van der Waals surface area (Å²) in [7, 11) is 3.03. The maximum absolute atomic E-state index is 12.3. The van der Waals surface area contributed by atoms with Gasteiger partial charge in [-0.05, 0) is 72.9 Å². The summed E-state index contributed by atoms with van der Waals surface area (Å²) >= 11 is 12.2. The second kappa shape index (κ2) is 11.2. The Hall–Kier alpha value is -3.92. The largest absolute Gasteiger partial charge is 0.495 e. The van der Waals surface area contributed by atoms with E-state index in [1.165, 1.54) is 7.11 Å². The van der Waals surface area contributed by atoms with E-state index in [0.717, 1.165) is 22.8 Å². The lowest BCUT2D eigenvalue weighted by Gasteiger charge is -2.29. The second-order valence-electron chi connectivity index (χ2n) is 8.65. The van der Waals surface area contributed by atoms with Crippen LogP contribution in [0.1, 0.15) is 23.5 Å². The van der Waals surface area contributed by atoms with Crippen LogP contribution in [-0.2, 0) is 9.53 Å².